The van der Waals surface area contributed by atoms with Gasteiger partial charge in [-0.3, -0.25) is 9.59 Å². The topological polar surface area (TPSA) is 84.2 Å². The molecule has 4 N–H and O–H groups in total. The molecule has 6 heteroatoms. The molecule has 0 aliphatic rings. The van der Waals surface area contributed by atoms with Crippen LogP contribution >= 0.6 is 15.9 Å². The van der Waals surface area contributed by atoms with Gasteiger partial charge >= 0.3 is 0 Å². The van der Waals surface area contributed by atoms with Crippen LogP contribution in [0.4, 0.5) is 5.69 Å². The number of carbonyl (C=O) groups excluding carboxylic acids is 2. The number of rotatable bonds is 6. The Bertz CT molecular complexity index is 489. The predicted octanol–water partition coefficient (Wildman–Crippen LogP) is 1.92. The molecule has 20 heavy (non-hydrogen) atoms. The third-order valence-corrected chi connectivity index (χ3v) is 3.10. The van der Waals surface area contributed by atoms with E-state index in [1.807, 2.05) is 13.8 Å². The highest BCUT2D eigenvalue weighted by molar-refractivity contribution is 9.10. The lowest BCUT2D eigenvalue weighted by Gasteiger charge is -2.09. The average molecular weight is 342 g/mol. The minimum Gasteiger partial charge on any atom is -0.398 e. The van der Waals surface area contributed by atoms with Crippen LogP contribution in [0.3, 0.4) is 0 Å². The zero-order valence-electron chi connectivity index (χ0n) is 11.7. The highest BCUT2D eigenvalue weighted by atomic mass is 79.9. The Morgan fingerprint density at radius 3 is 2.65 bits per heavy atom. The molecule has 2 amide bonds. The summed E-state index contributed by atoms with van der Waals surface area (Å²) in [4.78, 5) is 23.4. The molecule has 0 unspecified atom stereocenters. The molecule has 0 saturated heterocycles. The highest BCUT2D eigenvalue weighted by Gasteiger charge is 2.10. The second-order valence-electron chi connectivity index (χ2n) is 4.94. The van der Waals surface area contributed by atoms with E-state index in [2.05, 4.69) is 26.6 Å². The van der Waals surface area contributed by atoms with Gasteiger partial charge < -0.3 is 16.4 Å². The Morgan fingerprint density at radius 2 is 2.00 bits per heavy atom. The van der Waals surface area contributed by atoms with Gasteiger partial charge in [-0.2, -0.15) is 0 Å². The van der Waals surface area contributed by atoms with Crippen molar-refractivity contribution >= 4 is 33.4 Å². The maximum Gasteiger partial charge on any atom is 0.253 e. The van der Waals surface area contributed by atoms with Crippen LogP contribution in [0.25, 0.3) is 0 Å². The monoisotopic (exact) mass is 341 g/mol. The Morgan fingerprint density at radius 1 is 1.30 bits per heavy atom. The molecule has 0 saturated carbocycles. The molecule has 0 atom stereocenters. The van der Waals surface area contributed by atoms with Crippen LogP contribution in [0, 0.1) is 5.92 Å². The van der Waals surface area contributed by atoms with Crippen molar-refractivity contribution in [3.63, 3.8) is 0 Å². The van der Waals surface area contributed by atoms with Crippen LogP contribution < -0.4 is 16.4 Å². The van der Waals surface area contributed by atoms with Gasteiger partial charge in [0.1, 0.15) is 0 Å². The zero-order valence-corrected chi connectivity index (χ0v) is 13.3. The first kappa shape index (κ1) is 16.5. The number of hydrogen-bond donors (Lipinski definition) is 3. The summed E-state index contributed by atoms with van der Waals surface area (Å²) < 4.78 is 0.784. The smallest absolute Gasteiger partial charge is 0.253 e. The number of benzene rings is 1. The van der Waals surface area contributed by atoms with Crippen molar-refractivity contribution in [1.29, 1.82) is 0 Å². The molecular formula is C14H20BrN3O2. The molecule has 0 radical (unpaired) electrons. The third kappa shape index (κ3) is 5.61. The summed E-state index contributed by atoms with van der Waals surface area (Å²) >= 11 is 3.29. The first-order valence-corrected chi connectivity index (χ1v) is 7.29. The molecule has 110 valence electrons. The second-order valence-corrected chi connectivity index (χ2v) is 5.85. The maximum absolute atomic E-state index is 11.9. The standard InChI is InChI=1S/C14H20BrN3O2/c1-9(2)8-18-13(19)5-6-17-14(20)11-7-10(15)3-4-12(11)16/h3-4,7,9H,5-6,8,16H2,1-2H3,(H,17,20)(H,18,19). The summed E-state index contributed by atoms with van der Waals surface area (Å²) in [5, 5.41) is 5.48. The van der Waals surface area contributed by atoms with Gasteiger partial charge in [-0.1, -0.05) is 29.8 Å². The first-order valence-electron chi connectivity index (χ1n) is 6.50. The maximum atomic E-state index is 11.9. The van der Waals surface area contributed by atoms with Gasteiger partial charge in [0.25, 0.3) is 5.91 Å². The normalized spacial score (nSPS) is 10.4. The van der Waals surface area contributed by atoms with E-state index in [0.29, 0.717) is 23.7 Å². The summed E-state index contributed by atoms with van der Waals surface area (Å²) in [6.07, 6.45) is 0.256. The van der Waals surface area contributed by atoms with Crippen LogP contribution in [0.1, 0.15) is 30.6 Å². The van der Waals surface area contributed by atoms with Crippen molar-refractivity contribution in [1.82, 2.24) is 10.6 Å². The van der Waals surface area contributed by atoms with E-state index in [9.17, 15) is 9.59 Å². The van der Waals surface area contributed by atoms with E-state index in [4.69, 9.17) is 5.73 Å². The molecule has 0 aliphatic carbocycles. The van der Waals surface area contributed by atoms with Gasteiger partial charge in [0.15, 0.2) is 0 Å². The van der Waals surface area contributed by atoms with Crippen LogP contribution in [-0.2, 0) is 4.79 Å². The number of anilines is 1. The van der Waals surface area contributed by atoms with Crippen molar-refractivity contribution in [3.8, 4) is 0 Å². The van der Waals surface area contributed by atoms with Crippen molar-refractivity contribution < 1.29 is 9.59 Å². The SMILES string of the molecule is CC(C)CNC(=O)CCNC(=O)c1cc(Br)ccc1N. The highest BCUT2D eigenvalue weighted by Crippen LogP contribution is 2.18. The Kier molecular flexibility index (Phi) is 6.51. The zero-order chi connectivity index (χ0) is 15.1. The molecule has 1 rings (SSSR count). The molecule has 0 fully saturated rings. The molecule has 0 spiro atoms. The number of amides is 2. The van der Waals surface area contributed by atoms with Crippen molar-refractivity contribution in [3.05, 3.63) is 28.2 Å². The predicted molar refractivity (Wildman–Crippen MR) is 83.4 cm³/mol. The minimum absolute atomic E-state index is 0.0683. The number of nitrogens with one attached hydrogen (secondary N) is 2. The van der Waals surface area contributed by atoms with E-state index < -0.39 is 0 Å². The average Bonchev–Trinajstić information content (AvgIpc) is 2.39. The van der Waals surface area contributed by atoms with E-state index in [-0.39, 0.29) is 24.8 Å². The molecule has 1 aromatic rings. The Hall–Kier alpha value is -1.56. The number of carbonyl (C=O) groups is 2. The van der Waals surface area contributed by atoms with Crippen molar-refractivity contribution in [2.75, 3.05) is 18.8 Å². The first-order chi connectivity index (χ1) is 9.40. The van der Waals surface area contributed by atoms with E-state index in [1.54, 1.807) is 18.2 Å². The van der Waals surface area contributed by atoms with Gasteiger partial charge in [-0.05, 0) is 24.1 Å². The third-order valence-electron chi connectivity index (χ3n) is 2.61. The van der Waals surface area contributed by atoms with Gasteiger partial charge in [-0.15, -0.1) is 0 Å². The second kappa shape index (κ2) is 7.89. The quantitative estimate of drug-likeness (QED) is 0.691. The largest absolute Gasteiger partial charge is 0.398 e. The molecular weight excluding hydrogens is 322 g/mol. The fourth-order valence-corrected chi connectivity index (χ4v) is 1.88. The van der Waals surface area contributed by atoms with Gasteiger partial charge in [-0.25, -0.2) is 0 Å². The molecule has 5 nitrogen and oxygen atoms in total. The molecule has 0 heterocycles. The summed E-state index contributed by atoms with van der Waals surface area (Å²) in [6, 6.07) is 5.09. The number of halogens is 1. The van der Waals surface area contributed by atoms with Crippen molar-refractivity contribution in [2.24, 2.45) is 5.92 Å². The number of nitrogen functional groups attached to an aromatic ring is 1. The van der Waals surface area contributed by atoms with Crippen LogP contribution in [-0.4, -0.2) is 24.9 Å². The summed E-state index contributed by atoms with van der Waals surface area (Å²) in [7, 11) is 0. The lowest BCUT2D eigenvalue weighted by atomic mass is 10.1. The minimum atomic E-state index is -0.277. The lowest BCUT2D eigenvalue weighted by molar-refractivity contribution is -0.121. The van der Waals surface area contributed by atoms with Crippen LogP contribution in [0.15, 0.2) is 22.7 Å². The number of nitrogens with two attached hydrogens (primary N) is 1. The fourth-order valence-electron chi connectivity index (χ4n) is 1.52. The van der Waals surface area contributed by atoms with Crippen LogP contribution in [0.2, 0.25) is 0 Å². The van der Waals surface area contributed by atoms with E-state index >= 15 is 0 Å². The van der Waals surface area contributed by atoms with Gasteiger partial charge in [0.05, 0.1) is 5.56 Å². The molecule has 0 aliphatic heterocycles. The summed E-state index contributed by atoms with van der Waals surface area (Å²) in [5.41, 5.74) is 6.56. The van der Waals surface area contributed by atoms with Crippen molar-refractivity contribution in [2.45, 2.75) is 20.3 Å². The fraction of sp³-hybridized carbons (Fsp3) is 0.429. The van der Waals surface area contributed by atoms with Gasteiger partial charge in [0, 0.05) is 29.7 Å². The van der Waals surface area contributed by atoms with E-state index in [1.165, 1.54) is 0 Å². The molecule has 0 aromatic heterocycles. The lowest BCUT2D eigenvalue weighted by Crippen LogP contribution is -2.32. The molecule has 1 aromatic carbocycles. The van der Waals surface area contributed by atoms with Gasteiger partial charge in [0.2, 0.25) is 5.91 Å². The van der Waals surface area contributed by atoms with Crippen LogP contribution in [0.5, 0.6) is 0 Å². The molecule has 0 bridgehead atoms. The Balaban J connectivity index is 2.40. The van der Waals surface area contributed by atoms with E-state index in [0.717, 1.165) is 4.47 Å². The number of hydrogen-bond acceptors (Lipinski definition) is 3. The Labute approximate surface area is 127 Å². The summed E-state index contributed by atoms with van der Waals surface area (Å²) in [6.45, 7) is 4.98. The summed E-state index contributed by atoms with van der Waals surface area (Å²) in [5.74, 6) is 0.0664.